The number of hydrogen-bond acceptors (Lipinski definition) is 4. The molecular weight excluding hydrogens is 315 g/mol. The summed E-state index contributed by atoms with van der Waals surface area (Å²) in [6, 6.07) is 14.1. The molecule has 0 fully saturated rings. The molecule has 0 aliphatic rings. The number of anilines is 4. The molecule has 1 heterocycles. The first kappa shape index (κ1) is 15.2. The van der Waals surface area contributed by atoms with Crippen molar-refractivity contribution >= 4 is 34.6 Å². The third-order valence-corrected chi connectivity index (χ3v) is 3.44. The first-order valence-electron chi connectivity index (χ1n) is 6.98. The summed E-state index contributed by atoms with van der Waals surface area (Å²) in [7, 11) is 0. The monoisotopic (exact) mass is 328 g/mol. The van der Waals surface area contributed by atoms with Gasteiger partial charge in [-0.05, 0) is 42.8 Å². The highest BCUT2D eigenvalue weighted by Gasteiger charge is 2.04. The van der Waals surface area contributed by atoms with E-state index in [0.29, 0.717) is 17.3 Å². The van der Waals surface area contributed by atoms with Crippen LogP contribution in [0.1, 0.15) is 5.56 Å². The van der Waals surface area contributed by atoms with Gasteiger partial charge in [0.1, 0.15) is 23.8 Å². The van der Waals surface area contributed by atoms with Gasteiger partial charge in [-0.1, -0.05) is 23.7 Å². The second-order valence-corrected chi connectivity index (χ2v) is 5.44. The molecule has 116 valence electrons. The van der Waals surface area contributed by atoms with Crippen molar-refractivity contribution in [2.45, 2.75) is 6.92 Å². The molecule has 1 aromatic heterocycles. The number of aromatic nitrogens is 2. The van der Waals surface area contributed by atoms with Crippen molar-refractivity contribution < 1.29 is 4.39 Å². The molecule has 2 aromatic carbocycles. The molecule has 3 rings (SSSR count). The predicted octanol–water partition coefficient (Wildman–Crippen LogP) is 5.06. The molecule has 2 N–H and O–H groups in total. The van der Waals surface area contributed by atoms with Crippen LogP contribution in [0.4, 0.5) is 27.4 Å². The molecule has 0 unspecified atom stereocenters. The van der Waals surface area contributed by atoms with Gasteiger partial charge in [0, 0.05) is 17.4 Å². The predicted molar refractivity (Wildman–Crippen MR) is 91.2 cm³/mol. The van der Waals surface area contributed by atoms with Gasteiger partial charge in [-0.3, -0.25) is 0 Å². The zero-order chi connectivity index (χ0) is 16.2. The molecular formula is C17H14ClFN4. The maximum absolute atomic E-state index is 13.2. The molecule has 23 heavy (non-hydrogen) atoms. The Morgan fingerprint density at radius 3 is 2.26 bits per heavy atom. The second-order valence-electron chi connectivity index (χ2n) is 5.04. The van der Waals surface area contributed by atoms with Gasteiger partial charge in [-0.2, -0.15) is 0 Å². The van der Waals surface area contributed by atoms with Crippen LogP contribution in [0.15, 0.2) is 54.9 Å². The van der Waals surface area contributed by atoms with Gasteiger partial charge in [0.25, 0.3) is 0 Å². The quantitative estimate of drug-likeness (QED) is 0.702. The van der Waals surface area contributed by atoms with Gasteiger partial charge in [-0.15, -0.1) is 0 Å². The maximum Gasteiger partial charge on any atom is 0.141 e. The average molecular weight is 329 g/mol. The minimum absolute atomic E-state index is 0.0576. The van der Waals surface area contributed by atoms with Crippen LogP contribution in [0.2, 0.25) is 5.02 Å². The summed E-state index contributed by atoms with van der Waals surface area (Å²) >= 11 is 5.77. The van der Waals surface area contributed by atoms with E-state index >= 15 is 0 Å². The van der Waals surface area contributed by atoms with E-state index in [1.54, 1.807) is 12.1 Å². The maximum atomic E-state index is 13.2. The van der Waals surface area contributed by atoms with Crippen molar-refractivity contribution in [3.05, 3.63) is 71.3 Å². The molecule has 0 aliphatic heterocycles. The van der Waals surface area contributed by atoms with Gasteiger partial charge in [0.15, 0.2) is 0 Å². The van der Waals surface area contributed by atoms with E-state index in [4.69, 9.17) is 11.6 Å². The Bertz CT molecular complexity index is 838. The summed E-state index contributed by atoms with van der Waals surface area (Å²) in [4.78, 5) is 8.34. The summed E-state index contributed by atoms with van der Waals surface area (Å²) in [5.74, 6) is 0.779. The molecule has 0 atom stereocenters. The third kappa shape index (κ3) is 3.96. The lowest BCUT2D eigenvalue weighted by molar-refractivity contribution is 0.628. The van der Waals surface area contributed by atoms with Gasteiger partial charge in [0.05, 0.1) is 5.02 Å². The SMILES string of the molecule is Cc1cccc(Nc2cc(Nc3ccc(F)c(Cl)c3)ncn2)c1. The Kier molecular flexibility index (Phi) is 4.39. The van der Waals surface area contributed by atoms with Crippen molar-refractivity contribution in [3.8, 4) is 0 Å². The van der Waals surface area contributed by atoms with Gasteiger partial charge in [0.2, 0.25) is 0 Å². The lowest BCUT2D eigenvalue weighted by atomic mass is 10.2. The molecule has 0 aliphatic carbocycles. The Labute approximate surface area is 138 Å². The first-order chi connectivity index (χ1) is 11.1. The highest BCUT2D eigenvalue weighted by Crippen LogP contribution is 2.23. The molecule has 0 bridgehead atoms. The number of benzene rings is 2. The first-order valence-corrected chi connectivity index (χ1v) is 7.36. The van der Waals surface area contributed by atoms with Gasteiger partial charge >= 0.3 is 0 Å². The van der Waals surface area contributed by atoms with E-state index in [2.05, 4.69) is 20.6 Å². The number of nitrogens with zero attached hydrogens (tertiary/aromatic N) is 2. The van der Waals surface area contributed by atoms with Gasteiger partial charge in [-0.25, -0.2) is 14.4 Å². The minimum Gasteiger partial charge on any atom is -0.340 e. The third-order valence-electron chi connectivity index (χ3n) is 3.15. The van der Waals surface area contributed by atoms with E-state index in [9.17, 15) is 4.39 Å². The number of aryl methyl sites for hydroxylation is 1. The van der Waals surface area contributed by atoms with Crippen LogP contribution in [-0.4, -0.2) is 9.97 Å². The topological polar surface area (TPSA) is 49.8 Å². The molecule has 3 aromatic rings. The summed E-state index contributed by atoms with van der Waals surface area (Å²) in [6.45, 7) is 2.02. The second kappa shape index (κ2) is 6.62. The van der Waals surface area contributed by atoms with E-state index in [0.717, 1.165) is 11.3 Å². The van der Waals surface area contributed by atoms with Crippen LogP contribution in [0, 0.1) is 12.7 Å². The van der Waals surface area contributed by atoms with Crippen LogP contribution in [0.25, 0.3) is 0 Å². The molecule has 0 amide bonds. The van der Waals surface area contributed by atoms with Crippen molar-refractivity contribution in [2.75, 3.05) is 10.6 Å². The fourth-order valence-corrected chi connectivity index (χ4v) is 2.27. The summed E-state index contributed by atoms with van der Waals surface area (Å²) < 4.78 is 13.2. The fraction of sp³-hybridized carbons (Fsp3) is 0.0588. The zero-order valence-electron chi connectivity index (χ0n) is 12.3. The van der Waals surface area contributed by atoms with Crippen molar-refractivity contribution in [1.82, 2.24) is 9.97 Å². The Balaban J connectivity index is 1.78. The van der Waals surface area contributed by atoms with Crippen LogP contribution in [-0.2, 0) is 0 Å². The van der Waals surface area contributed by atoms with Crippen LogP contribution in [0.3, 0.4) is 0 Å². The summed E-state index contributed by atoms with van der Waals surface area (Å²) in [6.07, 6.45) is 1.45. The normalized spacial score (nSPS) is 10.4. The zero-order valence-corrected chi connectivity index (χ0v) is 13.1. The number of halogens is 2. The van der Waals surface area contributed by atoms with E-state index < -0.39 is 5.82 Å². The average Bonchev–Trinajstić information content (AvgIpc) is 2.51. The molecule has 0 saturated carbocycles. The van der Waals surface area contributed by atoms with Crippen molar-refractivity contribution in [1.29, 1.82) is 0 Å². The van der Waals surface area contributed by atoms with Crippen molar-refractivity contribution in [2.24, 2.45) is 0 Å². The molecule has 0 spiro atoms. The summed E-state index contributed by atoms with van der Waals surface area (Å²) in [5.41, 5.74) is 2.75. The van der Waals surface area contributed by atoms with Crippen LogP contribution in [0.5, 0.6) is 0 Å². The molecule has 6 heteroatoms. The van der Waals surface area contributed by atoms with E-state index in [-0.39, 0.29) is 5.02 Å². The van der Waals surface area contributed by atoms with Gasteiger partial charge < -0.3 is 10.6 Å². The number of nitrogens with one attached hydrogen (secondary N) is 2. The fourth-order valence-electron chi connectivity index (χ4n) is 2.09. The Morgan fingerprint density at radius 1 is 0.913 bits per heavy atom. The van der Waals surface area contributed by atoms with Crippen LogP contribution < -0.4 is 10.6 Å². The smallest absolute Gasteiger partial charge is 0.141 e. The van der Waals surface area contributed by atoms with E-state index in [1.165, 1.54) is 18.5 Å². The van der Waals surface area contributed by atoms with E-state index in [1.807, 2.05) is 31.2 Å². The molecule has 4 nitrogen and oxygen atoms in total. The molecule has 0 radical (unpaired) electrons. The summed E-state index contributed by atoms with van der Waals surface area (Å²) in [5, 5.41) is 6.34. The number of hydrogen-bond donors (Lipinski definition) is 2. The highest BCUT2D eigenvalue weighted by atomic mass is 35.5. The highest BCUT2D eigenvalue weighted by molar-refractivity contribution is 6.31. The molecule has 0 saturated heterocycles. The Hall–Kier alpha value is -2.66. The lowest BCUT2D eigenvalue weighted by Gasteiger charge is -2.09. The lowest BCUT2D eigenvalue weighted by Crippen LogP contribution is -1.98. The minimum atomic E-state index is -0.457. The largest absolute Gasteiger partial charge is 0.340 e. The van der Waals surface area contributed by atoms with Crippen molar-refractivity contribution in [3.63, 3.8) is 0 Å². The number of rotatable bonds is 4. The van der Waals surface area contributed by atoms with Crippen LogP contribution >= 0.6 is 11.6 Å². The Morgan fingerprint density at radius 2 is 1.61 bits per heavy atom. The standard InChI is InChI=1S/C17H14ClFN4/c1-11-3-2-4-12(7-11)22-16-9-17(21-10-20-16)23-13-5-6-15(19)14(18)8-13/h2-10H,1H3,(H2,20,21,22,23).